The first-order valence-corrected chi connectivity index (χ1v) is 9.24. The second-order valence-electron chi connectivity index (χ2n) is 7.05. The third kappa shape index (κ3) is 3.78. The van der Waals surface area contributed by atoms with Crippen LogP contribution >= 0.6 is 11.6 Å². The van der Waals surface area contributed by atoms with Gasteiger partial charge in [-0.3, -0.25) is 4.79 Å². The van der Waals surface area contributed by atoms with E-state index in [1.165, 1.54) is 0 Å². The highest BCUT2D eigenvalue weighted by molar-refractivity contribution is 6.30. The highest BCUT2D eigenvalue weighted by Gasteiger charge is 2.38. The zero-order valence-corrected chi connectivity index (χ0v) is 16.3. The van der Waals surface area contributed by atoms with Gasteiger partial charge in [0.05, 0.1) is 5.69 Å². The Kier molecular flexibility index (Phi) is 5.66. The SMILES string of the molecule is CN(C)CCCN1C(=O)COC(C)(c2ccccc2)c2cc(Cl)ccc21. The van der Waals surface area contributed by atoms with E-state index in [0.717, 1.165) is 29.8 Å². The van der Waals surface area contributed by atoms with Crippen LogP contribution < -0.4 is 4.90 Å². The van der Waals surface area contributed by atoms with Crippen molar-refractivity contribution in [3.8, 4) is 0 Å². The number of benzene rings is 2. The van der Waals surface area contributed by atoms with Crippen molar-refractivity contribution >= 4 is 23.2 Å². The van der Waals surface area contributed by atoms with Gasteiger partial charge in [0, 0.05) is 17.1 Å². The number of ether oxygens (including phenoxy) is 1. The number of fused-ring (bicyclic) bond motifs is 1. The van der Waals surface area contributed by atoms with Crippen molar-refractivity contribution in [2.45, 2.75) is 18.9 Å². The number of amides is 1. The predicted octanol–water partition coefficient (Wildman–Crippen LogP) is 3.92. The lowest BCUT2D eigenvalue weighted by molar-refractivity contribution is -0.126. The van der Waals surface area contributed by atoms with Gasteiger partial charge in [-0.1, -0.05) is 41.9 Å². The third-order valence-electron chi connectivity index (χ3n) is 4.86. The van der Waals surface area contributed by atoms with E-state index < -0.39 is 5.60 Å². The zero-order chi connectivity index (χ0) is 18.7. The molecule has 1 amide bonds. The molecule has 0 fully saturated rings. The van der Waals surface area contributed by atoms with Gasteiger partial charge in [-0.15, -0.1) is 0 Å². The minimum absolute atomic E-state index is 0.0213. The fourth-order valence-corrected chi connectivity index (χ4v) is 3.58. The van der Waals surface area contributed by atoms with Crippen LogP contribution in [0, 0.1) is 0 Å². The van der Waals surface area contributed by atoms with E-state index in [0.29, 0.717) is 11.6 Å². The van der Waals surface area contributed by atoms with Crippen molar-refractivity contribution in [3.63, 3.8) is 0 Å². The molecule has 0 aromatic heterocycles. The van der Waals surface area contributed by atoms with Gasteiger partial charge in [-0.2, -0.15) is 0 Å². The van der Waals surface area contributed by atoms with E-state index in [-0.39, 0.29) is 12.5 Å². The lowest BCUT2D eigenvalue weighted by Crippen LogP contribution is -2.35. The number of hydrogen-bond acceptors (Lipinski definition) is 3. The molecule has 2 aromatic carbocycles. The van der Waals surface area contributed by atoms with Crippen molar-refractivity contribution in [3.05, 3.63) is 64.7 Å². The summed E-state index contributed by atoms with van der Waals surface area (Å²) in [6.07, 6.45) is 0.892. The molecule has 0 bridgehead atoms. The Hall–Kier alpha value is -1.88. The monoisotopic (exact) mass is 372 g/mol. The predicted molar refractivity (Wildman–Crippen MR) is 106 cm³/mol. The fourth-order valence-electron chi connectivity index (χ4n) is 3.41. The van der Waals surface area contributed by atoms with Gasteiger partial charge in [0.2, 0.25) is 0 Å². The summed E-state index contributed by atoms with van der Waals surface area (Å²) >= 11 is 6.31. The van der Waals surface area contributed by atoms with E-state index in [1.54, 1.807) is 0 Å². The molecule has 3 rings (SSSR count). The quantitative estimate of drug-likeness (QED) is 0.797. The molecule has 0 spiro atoms. The Labute approximate surface area is 160 Å². The van der Waals surface area contributed by atoms with Gasteiger partial charge < -0.3 is 14.5 Å². The van der Waals surface area contributed by atoms with Crippen LogP contribution in [-0.4, -0.2) is 44.6 Å². The Morgan fingerprint density at radius 2 is 1.92 bits per heavy atom. The number of halogens is 1. The second kappa shape index (κ2) is 7.78. The molecule has 1 heterocycles. The second-order valence-corrected chi connectivity index (χ2v) is 7.49. The van der Waals surface area contributed by atoms with Crippen LogP contribution in [0.3, 0.4) is 0 Å². The van der Waals surface area contributed by atoms with Crippen LogP contribution in [0.1, 0.15) is 24.5 Å². The minimum atomic E-state index is -0.729. The summed E-state index contributed by atoms with van der Waals surface area (Å²) in [4.78, 5) is 16.8. The lowest BCUT2D eigenvalue weighted by atomic mass is 9.86. The highest BCUT2D eigenvalue weighted by atomic mass is 35.5. The van der Waals surface area contributed by atoms with Gasteiger partial charge in [-0.25, -0.2) is 0 Å². The van der Waals surface area contributed by atoms with Crippen molar-refractivity contribution in [1.29, 1.82) is 0 Å². The van der Waals surface area contributed by atoms with Crippen molar-refractivity contribution in [2.24, 2.45) is 0 Å². The average Bonchev–Trinajstić information content (AvgIpc) is 2.73. The Morgan fingerprint density at radius 1 is 1.19 bits per heavy atom. The lowest BCUT2D eigenvalue weighted by Gasteiger charge is -2.31. The molecule has 1 aliphatic rings. The molecule has 4 nitrogen and oxygen atoms in total. The molecule has 0 aliphatic carbocycles. The van der Waals surface area contributed by atoms with Crippen LogP contribution in [0.4, 0.5) is 5.69 Å². The summed E-state index contributed by atoms with van der Waals surface area (Å²) in [5, 5.41) is 0.636. The molecule has 0 saturated carbocycles. The van der Waals surface area contributed by atoms with Gasteiger partial charge in [-0.05, 0) is 57.7 Å². The van der Waals surface area contributed by atoms with Gasteiger partial charge >= 0.3 is 0 Å². The molecule has 26 heavy (non-hydrogen) atoms. The number of carbonyl (C=O) groups is 1. The van der Waals surface area contributed by atoms with Gasteiger partial charge in [0.15, 0.2) is 0 Å². The van der Waals surface area contributed by atoms with E-state index in [2.05, 4.69) is 4.90 Å². The van der Waals surface area contributed by atoms with E-state index in [9.17, 15) is 4.79 Å². The summed E-state index contributed by atoms with van der Waals surface area (Å²) in [6, 6.07) is 15.7. The van der Waals surface area contributed by atoms with Gasteiger partial charge in [0.1, 0.15) is 12.2 Å². The highest BCUT2D eigenvalue weighted by Crippen LogP contribution is 2.42. The molecule has 2 aromatic rings. The van der Waals surface area contributed by atoms with Crippen LogP contribution in [0.5, 0.6) is 0 Å². The maximum Gasteiger partial charge on any atom is 0.253 e. The standard InChI is InChI=1S/C21H25ClN2O2/c1-21(16-8-5-4-6-9-16)18-14-17(22)10-11-19(18)24(20(25)15-26-21)13-7-12-23(2)3/h4-6,8-11,14H,7,12-13,15H2,1-3H3. The first kappa shape index (κ1) is 18.9. The van der Waals surface area contributed by atoms with Crippen LogP contribution in [0.15, 0.2) is 48.5 Å². The Morgan fingerprint density at radius 3 is 2.62 bits per heavy atom. The van der Waals surface area contributed by atoms with E-state index >= 15 is 0 Å². The number of anilines is 1. The molecule has 0 N–H and O–H groups in total. The molecule has 1 aliphatic heterocycles. The minimum Gasteiger partial charge on any atom is -0.356 e. The number of hydrogen-bond donors (Lipinski definition) is 0. The number of nitrogens with zero attached hydrogens (tertiary/aromatic N) is 2. The topological polar surface area (TPSA) is 32.8 Å². The summed E-state index contributed by atoms with van der Waals surface area (Å²) in [7, 11) is 4.07. The fraction of sp³-hybridized carbons (Fsp3) is 0.381. The molecule has 1 unspecified atom stereocenters. The largest absolute Gasteiger partial charge is 0.356 e. The Bertz CT molecular complexity index is 779. The Balaban J connectivity index is 2.05. The van der Waals surface area contributed by atoms with Crippen molar-refractivity contribution in [2.75, 3.05) is 38.7 Å². The summed E-state index contributed by atoms with van der Waals surface area (Å²) in [5.41, 5.74) is 2.08. The number of rotatable bonds is 5. The molecule has 0 radical (unpaired) electrons. The first-order chi connectivity index (χ1) is 12.4. The average molecular weight is 373 g/mol. The summed E-state index contributed by atoms with van der Waals surface area (Å²) < 4.78 is 6.17. The third-order valence-corrected chi connectivity index (χ3v) is 5.10. The molecule has 5 heteroatoms. The maximum absolute atomic E-state index is 12.8. The smallest absolute Gasteiger partial charge is 0.253 e. The van der Waals surface area contributed by atoms with Crippen molar-refractivity contribution in [1.82, 2.24) is 4.90 Å². The molecular formula is C21H25ClN2O2. The summed E-state index contributed by atoms with van der Waals surface area (Å²) in [6.45, 7) is 3.62. The van der Waals surface area contributed by atoms with Crippen molar-refractivity contribution < 1.29 is 9.53 Å². The molecule has 0 saturated heterocycles. The molecule has 138 valence electrons. The van der Waals surface area contributed by atoms with E-state index in [1.807, 2.05) is 74.4 Å². The van der Waals surface area contributed by atoms with Crippen LogP contribution in [0.2, 0.25) is 5.02 Å². The van der Waals surface area contributed by atoms with Crippen LogP contribution in [0.25, 0.3) is 0 Å². The molecule has 1 atom stereocenters. The van der Waals surface area contributed by atoms with Gasteiger partial charge in [0.25, 0.3) is 5.91 Å². The first-order valence-electron chi connectivity index (χ1n) is 8.86. The maximum atomic E-state index is 12.8. The van der Waals surface area contributed by atoms with Crippen LogP contribution in [-0.2, 0) is 15.1 Å². The van der Waals surface area contributed by atoms with E-state index in [4.69, 9.17) is 16.3 Å². The zero-order valence-electron chi connectivity index (χ0n) is 15.5. The number of carbonyl (C=O) groups excluding carboxylic acids is 1. The normalized spacial score (nSPS) is 20.2. The molecular weight excluding hydrogens is 348 g/mol. The summed E-state index contributed by atoms with van der Waals surface area (Å²) in [5.74, 6) is -0.0213.